The first kappa shape index (κ1) is 28.5. The number of nitro benzene ring substituents is 2. The molecule has 0 aliphatic rings. The molecule has 2 rings (SSSR count). The molecule has 0 bridgehead atoms. The summed E-state index contributed by atoms with van der Waals surface area (Å²) in [4.78, 5) is 32.3. The zero-order chi connectivity index (χ0) is 26.1. The molecular formula is C21H27N3O9S. The highest BCUT2D eigenvalue weighted by Crippen LogP contribution is 2.32. The van der Waals surface area contributed by atoms with Gasteiger partial charge in [0, 0.05) is 12.6 Å². The lowest BCUT2D eigenvalue weighted by Crippen LogP contribution is -2.46. The molecular weight excluding hydrogens is 470 g/mol. The number of carbonyl (C=O) groups excluding carboxylic acids is 1. The molecule has 0 aliphatic heterocycles. The van der Waals surface area contributed by atoms with Gasteiger partial charge in [-0.25, -0.2) is 8.42 Å². The molecule has 0 amide bonds. The number of non-ortho nitro benzene ring substituents is 1. The molecule has 13 heteroatoms. The molecule has 0 aromatic heterocycles. The maximum absolute atomic E-state index is 13.3. The van der Waals surface area contributed by atoms with Crippen molar-refractivity contribution in [1.29, 1.82) is 0 Å². The van der Waals surface area contributed by atoms with E-state index in [1.807, 2.05) is 13.8 Å². The van der Waals surface area contributed by atoms with Gasteiger partial charge in [0.05, 0.1) is 30.1 Å². The fourth-order valence-corrected chi connectivity index (χ4v) is 4.81. The number of benzene rings is 2. The summed E-state index contributed by atoms with van der Waals surface area (Å²) in [6.45, 7) is 5.24. The third kappa shape index (κ3) is 6.48. The summed E-state index contributed by atoms with van der Waals surface area (Å²) in [5, 5.41) is 22.4. The summed E-state index contributed by atoms with van der Waals surface area (Å²) in [5.41, 5.74) is -1.01. The Morgan fingerprint density at radius 1 is 1.03 bits per heavy atom. The Hall–Kier alpha value is -3.58. The number of carbonyl (C=O) groups is 1. The number of likely N-dealkylation sites (N-methyl/N-ethyl adjacent to an activating group) is 1. The lowest BCUT2D eigenvalue weighted by Gasteiger charge is -2.28. The summed E-state index contributed by atoms with van der Waals surface area (Å²) in [6.07, 6.45) is -0.0789. The van der Waals surface area contributed by atoms with E-state index in [0.717, 1.165) is 23.5 Å². The molecule has 0 saturated carbocycles. The van der Waals surface area contributed by atoms with Crippen LogP contribution in [0.5, 0.6) is 5.75 Å². The van der Waals surface area contributed by atoms with Gasteiger partial charge in [-0.2, -0.15) is 4.31 Å². The molecule has 12 nitrogen and oxygen atoms in total. The van der Waals surface area contributed by atoms with Crippen LogP contribution in [0.3, 0.4) is 0 Å². The number of hydrogen-bond donors (Lipinski definition) is 0. The van der Waals surface area contributed by atoms with Gasteiger partial charge in [-0.15, -0.1) is 0 Å². The van der Waals surface area contributed by atoms with Crippen molar-refractivity contribution in [1.82, 2.24) is 4.31 Å². The Balaban J connectivity index is 0.00000281. The maximum Gasteiger partial charge on any atom is 0.324 e. The molecule has 0 heterocycles. The van der Waals surface area contributed by atoms with E-state index in [2.05, 4.69) is 0 Å². The molecule has 0 N–H and O–H groups in total. The quantitative estimate of drug-likeness (QED) is 0.272. The molecule has 186 valence electrons. The van der Waals surface area contributed by atoms with Crippen LogP contribution in [0.2, 0.25) is 0 Å². The fourth-order valence-electron chi connectivity index (χ4n) is 3.09. The molecule has 0 aliphatic carbocycles. The van der Waals surface area contributed by atoms with E-state index in [-0.39, 0.29) is 13.0 Å². The second-order valence-electron chi connectivity index (χ2n) is 6.47. The highest BCUT2D eigenvalue weighted by Gasteiger charge is 2.39. The summed E-state index contributed by atoms with van der Waals surface area (Å²) in [7, 11) is -2.04. The predicted molar refractivity (Wildman–Crippen MR) is 123 cm³/mol. The third-order valence-electron chi connectivity index (χ3n) is 4.66. The molecule has 0 fully saturated rings. The number of methoxy groups -OCH3 is 2. The molecule has 34 heavy (non-hydrogen) atoms. The van der Waals surface area contributed by atoms with Gasteiger partial charge in [-0.3, -0.25) is 25.0 Å². The molecule has 1 unspecified atom stereocenters. The Morgan fingerprint density at radius 3 is 2.06 bits per heavy atom. The minimum absolute atomic E-state index is 0.0789. The van der Waals surface area contributed by atoms with Crippen molar-refractivity contribution < 1.29 is 32.5 Å². The summed E-state index contributed by atoms with van der Waals surface area (Å²) >= 11 is 0. The minimum atomic E-state index is -4.61. The number of nitro groups is 2. The molecule has 0 spiro atoms. The van der Waals surface area contributed by atoms with E-state index in [1.54, 1.807) is 24.3 Å². The van der Waals surface area contributed by atoms with E-state index in [1.165, 1.54) is 14.0 Å². The van der Waals surface area contributed by atoms with E-state index >= 15 is 0 Å². The number of sulfonamides is 1. The highest BCUT2D eigenvalue weighted by molar-refractivity contribution is 7.89. The third-order valence-corrected chi connectivity index (χ3v) is 6.69. The van der Waals surface area contributed by atoms with E-state index in [9.17, 15) is 33.4 Å². The van der Waals surface area contributed by atoms with Crippen molar-refractivity contribution in [3.63, 3.8) is 0 Å². The van der Waals surface area contributed by atoms with Crippen LogP contribution in [0.25, 0.3) is 0 Å². The molecule has 2 aromatic rings. The van der Waals surface area contributed by atoms with Crippen molar-refractivity contribution in [3.8, 4) is 5.75 Å². The number of ether oxygens (including phenoxy) is 2. The van der Waals surface area contributed by atoms with Gasteiger partial charge in [0.1, 0.15) is 11.8 Å². The van der Waals surface area contributed by atoms with Crippen molar-refractivity contribution in [3.05, 3.63) is 68.3 Å². The summed E-state index contributed by atoms with van der Waals surface area (Å²) in [6, 6.07) is 7.42. The molecule has 2 aromatic carbocycles. The molecule has 1 atom stereocenters. The van der Waals surface area contributed by atoms with Crippen molar-refractivity contribution >= 4 is 27.4 Å². The topological polar surface area (TPSA) is 159 Å². The van der Waals surface area contributed by atoms with Gasteiger partial charge in [-0.1, -0.05) is 32.9 Å². The van der Waals surface area contributed by atoms with Gasteiger partial charge < -0.3 is 9.47 Å². The van der Waals surface area contributed by atoms with E-state index in [0.29, 0.717) is 17.4 Å². The average molecular weight is 498 g/mol. The lowest BCUT2D eigenvalue weighted by atomic mass is 10.1. The second-order valence-corrected chi connectivity index (χ2v) is 8.32. The maximum atomic E-state index is 13.3. The van der Waals surface area contributed by atoms with Crippen LogP contribution in [-0.4, -0.2) is 55.3 Å². The van der Waals surface area contributed by atoms with Crippen LogP contribution in [0.1, 0.15) is 26.3 Å². The van der Waals surface area contributed by atoms with E-state index < -0.39 is 48.2 Å². The normalized spacial score (nSPS) is 11.7. The monoisotopic (exact) mass is 497 g/mol. The standard InChI is InChI=1S/C19H21N3O9S.C2H6/c1-4-20(17(19(23)31-3)11-13-5-8-15(30-2)9-6-13)32(28,29)18-10-7-14(21(24)25)12-16(18)22(26)27;1-2/h5-10,12,17H,4,11H2,1-3H3;1-2H3. The smallest absolute Gasteiger partial charge is 0.324 e. The zero-order valence-electron chi connectivity index (χ0n) is 19.5. The first-order valence-corrected chi connectivity index (χ1v) is 11.7. The van der Waals surface area contributed by atoms with Crippen LogP contribution in [0, 0.1) is 20.2 Å². The second kappa shape index (κ2) is 12.6. The van der Waals surface area contributed by atoms with Gasteiger partial charge in [0.25, 0.3) is 21.4 Å². The van der Waals surface area contributed by atoms with Gasteiger partial charge >= 0.3 is 5.97 Å². The predicted octanol–water partition coefficient (Wildman–Crippen LogP) is 3.33. The Morgan fingerprint density at radius 2 is 1.62 bits per heavy atom. The van der Waals surface area contributed by atoms with Gasteiger partial charge in [-0.05, 0) is 30.2 Å². The van der Waals surface area contributed by atoms with Crippen molar-refractivity contribution in [2.45, 2.75) is 38.1 Å². The number of hydrogen-bond acceptors (Lipinski definition) is 9. The van der Waals surface area contributed by atoms with Crippen LogP contribution in [0.4, 0.5) is 11.4 Å². The first-order chi connectivity index (χ1) is 16.1. The summed E-state index contributed by atoms with van der Waals surface area (Å²) in [5.74, 6) is -0.305. The number of nitrogens with zero attached hydrogens (tertiary/aromatic N) is 3. The first-order valence-electron chi connectivity index (χ1n) is 10.2. The van der Waals surface area contributed by atoms with Crippen LogP contribution in [0.15, 0.2) is 47.4 Å². The largest absolute Gasteiger partial charge is 0.497 e. The Bertz CT molecular complexity index is 1120. The van der Waals surface area contributed by atoms with Crippen LogP contribution >= 0.6 is 0 Å². The van der Waals surface area contributed by atoms with Crippen molar-refractivity contribution in [2.24, 2.45) is 0 Å². The summed E-state index contributed by atoms with van der Waals surface area (Å²) < 4.78 is 37.3. The lowest BCUT2D eigenvalue weighted by molar-refractivity contribution is -0.396. The Labute approximate surface area is 197 Å². The Kier molecular flexibility index (Phi) is 10.5. The fraction of sp³-hybridized carbons (Fsp3) is 0.381. The van der Waals surface area contributed by atoms with Crippen LogP contribution in [-0.2, 0) is 26.0 Å². The molecule has 0 saturated heterocycles. The van der Waals surface area contributed by atoms with Gasteiger partial charge in [0.2, 0.25) is 0 Å². The zero-order valence-corrected chi connectivity index (χ0v) is 20.3. The minimum Gasteiger partial charge on any atom is -0.497 e. The number of rotatable bonds is 10. The molecule has 0 radical (unpaired) electrons. The highest BCUT2D eigenvalue weighted by atomic mass is 32.2. The van der Waals surface area contributed by atoms with Gasteiger partial charge in [0.15, 0.2) is 4.90 Å². The van der Waals surface area contributed by atoms with E-state index in [4.69, 9.17) is 9.47 Å². The van der Waals surface area contributed by atoms with Crippen molar-refractivity contribution in [2.75, 3.05) is 20.8 Å². The SMILES string of the molecule is CC.CCN(C(Cc1ccc(OC)cc1)C(=O)OC)S(=O)(=O)c1ccc([N+](=O)[O-])cc1[N+](=O)[O-]. The average Bonchev–Trinajstić information content (AvgIpc) is 2.84. The number of esters is 1. The van der Waals surface area contributed by atoms with Crippen LogP contribution < -0.4 is 4.74 Å².